The summed E-state index contributed by atoms with van der Waals surface area (Å²) in [7, 11) is 0. The summed E-state index contributed by atoms with van der Waals surface area (Å²) in [5, 5.41) is 11.2. The van der Waals surface area contributed by atoms with Crippen LogP contribution in [-0.4, -0.2) is 47.7 Å². The first-order chi connectivity index (χ1) is 13.1. The zero-order valence-electron chi connectivity index (χ0n) is 14.7. The maximum Gasteiger partial charge on any atom is 0.292 e. The molecule has 0 unspecified atom stereocenters. The Bertz CT molecular complexity index is 825. The highest BCUT2D eigenvalue weighted by Gasteiger charge is 2.25. The second-order valence-electron chi connectivity index (χ2n) is 6.14. The lowest BCUT2D eigenvalue weighted by Crippen LogP contribution is -2.49. The standard InChI is InChI=1S/C19H20FN3O3S/c20-15-5-1-4-8-18(15)27-14-9-19(24)22-12-10-21(11-13-22)16-6-2-3-7-17(16)23(25)26/h1-8H,9-14H2. The molecule has 142 valence electrons. The molecular weight excluding hydrogens is 369 g/mol. The number of para-hydroxylation sites is 2. The number of anilines is 1. The van der Waals surface area contributed by atoms with E-state index >= 15 is 0 Å². The van der Waals surface area contributed by atoms with Crippen LogP contribution in [0.5, 0.6) is 0 Å². The van der Waals surface area contributed by atoms with Gasteiger partial charge >= 0.3 is 0 Å². The number of hydrogen-bond acceptors (Lipinski definition) is 5. The van der Waals surface area contributed by atoms with Crippen molar-refractivity contribution in [2.45, 2.75) is 11.3 Å². The maximum absolute atomic E-state index is 13.6. The molecule has 2 aromatic carbocycles. The van der Waals surface area contributed by atoms with Crippen LogP contribution in [0.4, 0.5) is 15.8 Å². The average molecular weight is 389 g/mol. The summed E-state index contributed by atoms with van der Waals surface area (Å²) in [6.45, 7) is 2.15. The third kappa shape index (κ3) is 4.77. The first-order valence-corrected chi connectivity index (χ1v) is 9.68. The second kappa shape index (κ2) is 8.85. The molecule has 27 heavy (non-hydrogen) atoms. The molecule has 0 saturated carbocycles. The number of hydrogen-bond donors (Lipinski definition) is 0. The van der Waals surface area contributed by atoms with Gasteiger partial charge in [0, 0.05) is 49.3 Å². The van der Waals surface area contributed by atoms with E-state index in [1.807, 2.05) is 4.90 Å². The summed E-state index contributed by atoms with van der Waals surface area (Å²) in [5.74, 6) is 0.276. The van der Waals surface area contributed by atoms with E-state index in [0.29, 0.717) is 48.9 Å². The van der Waals surface area contributed by atoms with Crippen molar-refractivity contribution in [3.63, 3.8) is 0 Å². The molecule has 0 spiro atoms. The Balaban J connectivity index is 1.50. The van der Waals surface area contributed by atoms with Crippen LogP contribution in [0.3, 0.4) is 0 Å². The van der Waals surface area contributed by atoms with E-state index in [9.17, 15) is 19.3 Å². The van der Waals surface area contributed by atoms with Crippen molar-refractivity contribution in [1.82, 2.24) is 4.90 Å². The van der Waals surface area contributed by atoms with Crippen LogP contribution < -0.4 is 4.90 Å². The highest BCUT2D eigenvalue weighted by atomic mass is 32.2. The largest absolute Gasteiger partial charge is 0.362 e. The fourth-order valence-corrected chi connectivity index (χ4v) is 3.93. The molecule has 1 fully saturated rings. The summed E-state index contributed by atoms with van der Waals surface area (Å²) < 4.78 is 13.6. The molecule has 2 aromatic rings. The number of thioether (sulfide) groups is 1. The van der Waals surface area contributed by atoms with Crippen molar-refractivity contribution < 1.29 is 14.1 Å². The Morgan fingerprint density at radius 3 is 2.44 bits per heavy atom. The Morgan fingerprint density at radius 2 is 1.74 bits per heavy atom. The summed E-state index contributed by atoms with van der Waals surface area (Å²) in [5.41, 5.74) is 0.670. The number of piperazine rings is 1. The van der Waals surface area contributed by atoms with Crippen molar-refractivity contribution >= 4 is 29.0 Å². The molecule has 0 aromatic heterocycles. The third-order valence-electron chi connectivity index (χ3n) is 4.46. The van der Waals surface area contributed by atoms with Gasteiger partial charge in [0.2, 0.25) is 5.91 Å². The van der Waals surface area contributed by atoms with Gasteiger partial charge in [-0.15, -0.1) is 11.8 Å². The van der Waals surface area contributed by atoms with Gasteiger partial charge in [0.15, 0.2) is 0 Å². The minimum atomic E-state index is -0.382. The predicted octanol–water partition coefficient (Wildman–Crippen LogP) is 3.56. The van der Waals surface area contributed by atoms with Crippen molar-refractivity contribution in [2.75, 3.05) is 36.8 Å². The highest BCUT2D eigenvalue weighted by molar-refractivity contribution is 7.99. The fraction of sp³-hybridized carbons (Fsp3) is 0.316. The van der Waals surface area contributed by atoms with Gasteiger partial charge in [-0.05, 0) is 18.2 Å². The molecule has 0 radical (unpaired) electrons. The molecule has 8 heteroatoms. The van der Waals surface area contributed by atoms with E-state index in [2.05, 4.69) is 0 Å². The summed E-state index contributed by atoms with van der Waals surface area (Å²) in [6, 6.07) is 13.2. The molecular formula is C19H20FN3O3S. The number of halogens is 1. The summed E-state index contributed by atoms with van der Waals surface area (Å²) in [6.07, 6.45) is 0.338. The molecule has 0 bridgehead atoms. The van der Waals surface area contributed by atoms with Crippen LogP contribution in [0.2, 0.25) is 0 Å². The minimum absolute atomic E-state index is 0.0288. The number of benzene rings is 2. The van der Waals surface area contributed by atoms with Gasteiger partial charge in [0.05, 0.1) is 4.92 Å². The van der Waals surface area contributed by atoms with Gasteiger partial charge < -0.3 is 9.80 Å². The van der Waals surface area contributed by atoms with Crippen LogP contribution in [0.25, 0.3) is 0 Å². The Labute approximate surface area is 161 Å². The Hall–Kier alpha value is -2.61. The van der Waals surface area contributed by atoms with E-state index in [1.54, 1.807) is 41.3 Å². The molecule has 1 aliphatic heterocycles. The minimum Gasteiger partial charge on any atom is -0.362 e. The average Bonchev–Trinajstić information content (AvgIpc) is 2.69. The Kier molecular flexibility index (Phi) is 6.28. The van der Waals surface area contributed by atoms with Gasteiger partial charge in [-0.2, -0.15) is 0 Å². The topological polar surface area (TPSA) is 66.7 Å². The summed E-state index contributed by atoms with van der Waals surface area (Å²) >= 11 is 1.33. The number of nitro benzene ring substituents is 1. The number of carbonyl (C=O) groups excluding carboxylic acids is 1. The van der Waals surface area contributed by atoms with Gasteiger partial charge in [-0.3, -0.25) is 14.9 Å². The smallest absolute Gasteiger partial charge is 0.292 e. The summed E-state index contributed by atoms with van der Waals surface area (Å²) in [4.78, 5) is 27.4. The first kappa shape index (κ1) is 19.2. The lowest BCUT2D eigenvalue weighted by Gasteiger charge is -2.35. The molecule has 0 N–H and O–H groups in total. The van der Waals surface area contributed by atoms with Crippen LogP contribution in [0, 0.1) is 15.9 Å². The molecule has 3 rings (SSSR count). The number of carbonyl (C=O) groups is 1. The van der Waals surface area contributed by atoms with E-state index in [1.165, 1.54) is 23.9 Å². The molecule has 1 heterocycles. The van der Waals surface area contributed by atoms with Crippen LogP contribution in [0.1, 0.15) is 6.42 Å². The lowest BCUT2D eigenvalue weighted by atomic mass is 10.2. The van der Waals surface area contributed by atoms with Gasteiger partial charge in [-0.25, -0.2) is 4.39 Å². The monoisotopic (exact) mass is 389 g/mol. The number of rotatable bonds is 6. The van der Waals surface area contributed by atoms with Gasteiger partial charge in [0.1, 0.15) is 11.5 Å². The van der Waals surface area contributed by atoms with E-state index in [-0.39, 0.29) is 22.3 Å². The maximum atomic E-state index is 13.6. The third-order valence-corrected chi connectivity index (χ3v) is 5.51. The normalized spacial score (nSPS) is 14.3. The van der Waals surface area contributed by atoms with E-state index < -0.39 is 0 Å². The Morgan fingerprint density at radius 1 is 1.07 bits per heavy atom. The zero-order chi connectivity index (χ0) is 19.2. The molecule has 6 nitrogen and oxygen atoms in total. The molecule has 0 aliphatic carbocycles. The number of amides is 1. The highest BCUT2D eigenvalue weighted by Crippen LogP contribution is 2.28. The van der Waals surface area contributed by atoms with Crippen molar-refractivity contribution in [1.29, 1.82) is 0 Å². The molecule has 1 saturated heterocycles. The van der Waals surface area contributed by atoms with Crippen LogP contribution in [-0.2, 0) is 4.79 Å². The van der Waals surface area contributed by atoms with E-state index in [4.69, 9.17) is 0 Å². The lowest BCUT2D eigenvalue weighted by molar-refractivity contribution is -0.384. The number of nitro groups is 1. The first-order valence-electron chi connectivity index (χ1n) is 8.70. The molecule has 0 atom stereocenters. The fourth-order valence-electron chi connectivity index (χ4n) is 3.05. The van der Waals surface area contributed by atoms with E-state index in [0.717, 1.165) is 0 Å². The van der Waals surface area contributed by atoms with Crippen molar-refractivity contribution in [3.8, 4) is 0 Å². The molecule has 1 amide bonds. The molecule has 1 aliphatic rings. The van der Waals surface area contributed by atoms with Crippen LogP contribution >= 0.6 is 11.8 Å². The number of nitrogens with zero attached hydrogens (tertiary/aromatic N) is 3. The zero-order valence-corrected chi connectivity index (χ0v) is 15.5. The predicted molar refractivity (Wildman–Crippen MR) is 104 cm³/mol. The quantitative estimate of drug-likeness (QED) is 0.429. The van der Waals surface area contributed by atoms with Crippen LogP contribution in [0.15, 0.2) is 53.4 Å². The SMILES string of the molecule is O=C(CCSc1ccccc1F)N1CCN(c2ccccc2[N+](=O)[O-])CC1. The van der Waals surface area contributed by atoms with Crippen molar-refractivity contribution in [2.24, 2.45) is 0 Å². The van der Waals surface area contributed by atoms with Gasteiger partial charge in [0.25, 0.3) is 5.69 Å². The van der Waals surface area contributed by atoms with Gasteiger partial charge in [-0.1, -0.05) is 24.3 Å². The van der Waals surface area contributed by atoms with Crippen molar-refractivity contribution in [3.05, 3.63) is 64.5 Å². The second-order valence-corrected chi connectivity index (χ2v) is 7.28.